The zero-order valence-electron chi connectivity index (χ0n) is 10.8. The van der Waals surface area contributed by atoms with Gasteiger partial charge < -0.3 is 4.74 Å². The van der Waals surface area contributed by atoms with Crippen molar-refractivity contribution in [2.45, 2.75) is 18.3 Å². The number of hydrogen-bond donors (Lipinski definition) is 0. The number of alkyl halides is 3. The highest BCUT2D eigenvalue weighted by molar-refractivity contribution is 5.73. The standard InChI is InChI=1S/C10H8F4N2O6/c1-22-7(17)4-5-6(11)2-3-9(15(18)19,16(20)21)8(5)10(12,13)14/h2-3,8H,4H2,1H3. The van der Waals surface area contributed by atoms with Crippen molar-refractivity contribution in [2.75, 3.05) is 7.11 Å². The van der Waals surface area contributed by atoms with Gasteiger partial charge in [0.2, 0.25) is 5.92 Å². The number of methoxy groups -OCH3 is 1. The molecule has 0 saturated carbocycles. The van der Waals surface area contributed by atoms with E-state index in [1.165, 1.54) is 0 Å². The van der Waals surface area contributed by atoms with Crippen LogP contribution in [0.3, 0.4) is 0 Å². The summed E-state index contributed by atoms with van der Waals surface area (Å²) in [5.74, 6) is -6.36. The molecule has 1 aliphatic carbocycles. The Kier molecular flexibility index (Phi) is 4.53. The first-order valence-corrected chi connectivity index (χ1v) is 5.48. The molecular weight excluding hydrogens is 320 g/mol. The lowest BCUT2D eigenvalue weighted by Gasteiger charge is -2.29. The van der Waals surface area contributed by atoms with Gasteiger partial charge in [0.05, 0.1) is 19.6 Å². The third-order valence-corrected chi connectivity index (χ3v) is 3.03. The number of halogens is 4. The van der Waals surface area contributed by atoms with Crippen LogP contribution in [0.2, 0.25) is 0 Å². The average molecular weight is 328 g/mol. The highest BCUT2D eigenvalue weighted by atomic mass is 19.4. The van der Waals surface area contributed by atoms with E-state index in [4.69, 9.17) is 0 Å². The van der Waals surface area contributed by atoms with Crippen LogP contribution >= 0.6 is 0 Å². The molecule has 0 heterocycles. The highest BCUT2D eigenvalue weighted by Gasteiger charge is 2.73. The van der Waals surface area contributed by atoms with E-state index in [2.05, 4.69) is 4.74 Å². The topological polar surface area (TPSA) is 113 Å². The fourth-order valence-corrected chi connectivity index (χ4v) is 2.05. The summed E-state index contributed by atoms with van der Waals surface area (Å²) < 4.78 is 57.1. The quantitative estimate of drug-likeness (QED) is 0.255. The largest absolute Gasteiger partial charge is 0.493 e. The first-order valence-electron chi connectivity index (χ1n) is 5.48. The van der Waals surface area contributed by atoms with Crippen molar-refractivity contribution >= 4 is 5.97 Å². The van der Waals surface area contributed by atoms with Gasteiger partial charge in [0.25, 0.3) is 0 Å². The van der Waals surface area contributed by atoms with Crippen molar-refractivity contribution in [1.29, 1.82) is 0 Å². The summed E-state index contributed by atoms with van der Waals surface area (Å²) in [6, 6.07) is 0. The van der Waals surface area contributed by atoms with Crippen LogP contribution in [0, 0.1) is 26.1 Å². The minimum absolute atomic E-state index is 0.0821. The van der Waals surface area contributed by atoms with Gasteiger partial charge in [-0.3, -0.25) is 25.0 Å². The second kappa shape index (κ2) is 5.69. The van der Waals surface area contributed by atoms with Crippen molar-refractivity contribution in [3.8, 4) is 0 Å². The molecule has 22 heavy (non-hydrogen) atoms. The van der Waals surface area contributed by atoms with Gasteiger partial charge in [0.15, 0.2) is 0 Å². The van der Waals surface area contributed by atoms with E-state index in [0.717, 1.165) is 7.11 Å². The van der Waals surface area contributed by atoms with Crippen LogP contribution < -0.4 is 0 Å². The van der Waals surface area contributed by atoms with E-state index >= 15 is 0 Å². The summed E-state index contributed by atoms with van der Waals surface area (Å²) in [4.78, 5) is 29.4. The normalized spacial score (nSPS) is 20.7. The van der Waals surface area contributed by atoms with Crippen LogP contribution in [0.5, 0.6) is 0 Å². The molecule has 0 bridgehead atoms. The molecule has 0 aromatic rings. The van der Waals surface area contributed by atoms with E-state index < -0.39 is 51.4 Å². The minimum Gasteiger partial charge on any atom is -0.469 e. The zero-order chi connectivity index (χ0) is 17.3. The molecule has 1 rings (SSSR count). The molecule has 0 saturated heterocycles. The van der Waals surface area contributed by atoms with Gasteiger partial charge in [0.1, 0.15) is 15.7 Å². The molecule has 0 aromatic carbocycles. The molecule has 0 radical (unpaired) electrons. The summed E-state index contributed by atoms with van der Waals surface area (Å²) in [6.45, 7) is 0. The lowest BCUT2D eigenvalue weighted by Crippen LogP contribution is -2.57. The smallest absolute Gasteiger partial charge is 0.469 e. The fourth-order valence-electron chi connectivity index (χ4n) is 2.05. The molecule has 1 unspecified atom stereocenters. The van der Waals surface area contributed by atoms with E-state index in [1.807, 2.05) is 0 Å². The molecule has 0 N–H and O–H groups in total. The Balaban J connectivity index is 3.60. The van der Waals surface area contributed by atoms with Gasteiger partial charge in [-0.1, -0.05) is 0 Å². The highest BCUT2D eigenvalue weighted by Crippen LogP contribution is 2.47. The van der Waals surface area contributed by atoms with Crippen LogP contribution in [-0.2, 0) is 9.53 Å². The van der Waals surface area contributed by atoms with Crippen LogP contribution in [0.1, 0.15) is 6.42 Å². The molecule has 0 fully saturated rings. The Morgan fingerprint density at radius 2 is 1.86 bits per heavy atom. The monoisotopic (exact) mass is 328 g/mol. The van der Waals surface area contributed by atoms with Gasteiger partial charge in [-0.2, -0.15) is 13.2 Å². The predicted octanol–water partition coefficient (Wildman–Crippen LogP) is 1.77. The molecule has 8 nitrogen and oxygen atoms in total. The Morgan fingerprint density at radius 1 is 1.36 bits per heavy atom. The molecular formula is C10H8F4N2O6. The number of ether oxygens (including phenoxy) is 1. The number of esters is 1. The van der Waals surface area contributed by atoms with Crippen molar-refractivity contribution in [3.63, 3.8) is 0 Å². The molecule has 1 atom stereocenters. The molecule has 0 aromatic heterocycles. The van der Waals surface area contributed by atoms with Crippen LogP contribution in [0.4, 0.5) is 17.6 Å². The third-order valence-electron chi connectivity index (χ3n) is 3.03. The summed E-state index contributed by atoms with van der Waals surface area (Å²) in [7, 11) is 0.802. The second-order valence-electron chi connectivity index (χ2n) is 4.23. The van der Waals surface area contributed by atoms with Crippen molar-refractivity contribution in [3.05, 3.63) is 43.8 Å². The van der Waals surface area contributed by atoms with Gasteiger partial charge in [0, 0.05) is 5.57 Å². The maximum absolute atomic E-state index is 13.6. The van der Waals surface area contributed by atoms with Crippen LogP contribution in [-0.4, -0.2) is 34.8 Å². The van der Waals surface area contributed by atoms with E-state index in [0.29, 0.717) is 0 Å². The van der Waals surface area contributed by atoms with Crippen LogP contribution in [0.15, 0.2) is 23.6 Å². The molecule has 12 heteroatoms. The van der Waals surface area contributed by atoms with Gasteiger partial charge in [-0.25, -0.2) is 4.39 Å². The summed E-state index contributed by atoms with van der Waals surface area (Å²) in [6.07, 6.45) is -6.75. The lowest BCUT2D eigenvalue weighted by atomic mass is 9.80. The average Bonchev–Trinajstić information content (AvgIpc) is 2.38. The summed E-state index contributed by atoms with van der Waals surface area (Å²) >= 11 is 0. The number of nitro groups is 2. The maximum atomic E-state index is 13.6. The zero-order valence-corrected chi connectivity index (χ0v) is 10.8. The third kappa shape index (κ3) is 2.76. The Labute approximate surface area is 119 Å². The molecule has 0 spiro atoms. The number of carbonyl (C=O) groups is 1. The maximum Gasteiger partial charge on any atom is 0.493 e. The number of allylic oxidation sites excluding steroid dienone is 2. The number of hydrogen-bond acceptors (Lipinski definition) is 6. The van der Waals surface area contributed by atoms with Crippen LogP contribution in [0.25, 0.3) is 0 Å². The summed E-state index contributed by atoms with van der Waals surface area (Å²) in [5.41, 5.74) is -5.27. The van der Waals surface area contributed by atoms with E-state index in [9.17, 15) is 42.6 Å². The van der Waals surface area contributed by atoms with Crippen molar-refractivity contribution < 1.29 is 36.9 Å². The molecule has 122 valence electrons. The fraction of sp³-hybridized carbons (Fsp3) is 0.500. The Hall–Kier alpha value is -2.53. The summed E-state index contributed by atoms with van der Waals surface area (Å²) in [5, 5.41) is 21.9. The van der Waals surface area contributed by atoms with Gasteiger partial charge in [-0.15, -0.1) is 0 Å². The number of carbonyl (C=O) groups excluding carboxylic acids is 1. The van der Waals surface area contributed by atoms with E-state index in [-0.39, 0.29) is 12.2 Å². The Bertz CT molecular complexity index is 568. The SMILES string of the molecule is COC(=O)CC1=C(F)C=CC([N+](=O)[O-])([N+](=O)[O-])C1C(F)(F)F. The molecule has 0 aliphatic heterocycles. The first kappa shape index (κ1) is 17.5. The predicted molar refractivity (Wildman–Crippen MR) is 60.2 cm³/mol. The minimum atomic E-state index is -5.54. The van der Waals surface area contributed by atoms with Gasteiger partial charge >= 0.3 is 17.8 Å². The van der Waals surface area contributed by atoms with Crippen molar-refractivity contribution in [2.24, 2.45) is 5.92 Å². The van der Waals surface area contributed by atoms with Gasteiger partial charge in [-0.05, 0) is 6.08 Å². The first-order chi connectivity index (χ1) is 9.98. The number of nitrogens with zero attached hydrogens (tertiary/aromatic N) is 2. The van der Waals surface area contributed by atoms with Crippen molar-refractivity contribution in [1.82, 2.24) is 0 Å². The number of rotatable bonds is 4. The molecule has 0 amide bonds. The van der Waals surface area contributed by atoms with E-state index in [1.54, 1.807) is 0 Å². The molecule has 1 aliphatic rings. The lowest BCUT2D eigenvalue weighted by molar-refractivity contribution is -0.794. The second-order valence-corrected chi connectivity index (χ2v) is 4.23. The Morgan fingerprint density at radius 3 is 2.23 bits per heavy atom.